The van der Waals surface area contributed by atoms with Crippen molar-refractivity contribution in [1.29, 1.82) is 0 Å². The smallest absolute Gasteiger partial charge is 0.269 e. The fourth-order valence-electron chi connectivity index (χ4n) is 1.40. The minimum atomic E-state index is -0.409. The van der Waals surface area contributed by atoms with Gasteiger partial charge in [0.15, 0.2) is 0 Å². The lowest BCUT2D eigenvalue weighted by Gasteiger charge is -2.25. The van der Waals surface area contributed by atoms with Gasteiger partial charge in [-0.1, -0.05) is 0 Å². The van der Waals surface area contributed by atoms with Gasteiger partial charge in [0.1, 0.15) is 13.0 Å². The summed E-state index contributed by atoms with van der Waals surface area (Å²) < 4.78 is 0. The van der Waals surface area contributed by atoms with Gasteiger partial charge in [-0.25, -0.2) is 0 Å². The molecule has 0 aromatic heterocycles. The molecule has 6 heteroatoms. The maximum Gasteiger partial charge on any atom is 0.269 e. The van der Waals surface area contributed by atoms with Crippen molar-refractivity contribution in [3.63, 3.8) is 0 Å². The highest BCUT2D eigenvalue weighted by atomic mass is 16.6. The van der Waals surface area contributed by atoms with Crippen molar-refractivity contribution >= 4 is 17.7 Å². The summed E-state index contributed by atoms with van der Waals surface area (Å²) in [6, 6.07) is 6.40. The summed E-state index contributed by atoms with van der Waals surface area (Å²) >= 11 is 0. The molecule has 0 unspecified atom stereocenters. The molecule has 0 saturated carbocycles. The van der Waals surface area contributed by atoms with Gasteiger partial charge in [-0.2, -0.15) is 0 Å². The summed E-state index contributed by atoms with van der Waals surface area (Å²) in [4.78, 5) is 14.1. The fourth-order valence-corrected chi connectivity index (χ4v) is 1.40. The second-order valence-corrected chi connectivity index (χ2v) is 3.19. The number of nitro groups is 1. The van der Waals surface area contributed by atoms with Gasteiger partial charge < -0.3 is 0 Å². The van der Waals surface area contributed by atoms with Crippen LogP contribution in [0.1, 0.15) is 0 Å². The van der Waals surface area contributed by atoms with E-state index in [0.29, 0.717) is 6.67 Å². The molecule has 0 spiro atoms. The van der Waals surface area contributed by atoms with E-state index in [4.69, 9.17) is 0 Å². The van der Waals surface area contributed by atoms with Crippen LogP contribution in [0.2, 0.25) is 0 Å². The van der Waals surface area contributed by atoms with Crippen LogP contribution in [0.25, 0.3) is 0 Å². The minimum Gasteiger partial charge on any atom is -0.276 e. The van der Waals surface area contributed by atoms with Crippen LogP contribution in [0.4, 0.5) is 11.4 Å². The predicted molar refractivity (Wildman–Crippen MR) is 56.7 cm³/mol. The van der Waals surface area contributed by atoms with E-state index in [1.807, 2.05) is 17.1 Å². The van der Waals surface area contributed by atoms with Crippen LogP contribution in [-0.4, -0.2) is 30.0 Å². The minimum absolute atomic E-state index is 0.0986. The van der Waals surface area contributed by atoms with E-state index in [2.05, 4.69) is 4.99 Å². The number of nitrogens with zero attached hydrogens (tertiary/aromatic N) is 4. The Morgan fingerprint density at radius 3 is 2.53 bits per heavy atom. The summed E-state index contributed by atoms with van der Waals surface area (Å²) in [5, 5.41) is 14.2. The van der Waals surface area contributed by atoms with Gasteiger partial charge in [-0.05, 0) is 12.1 Å². The molecule has 0 bridgehead atoms. The number of anilines is 1. The first-order chi connectivity index (χ1) is 7.18. The Morgan fingerprint density at radius 2 is 2.07 bits per heavy atom. The fraction of sp³-hybridized carbons (Fsp3) is 0.222. The number of nitro benzene ring substituents is 1. The second kappa shape index (κ2) is 3.56. The van der Waals surface area contributed by atoms with Crippen molar-refractivity contribution in [3.8, 4) is 0 Å². The molecule has 6 nitrogen and oxygen atoms in total. The lowest BCUT2D eigenvalue weighted by Crippen LogP contribution is -2.33. The molecule has 1 aromatic carbocycles. The second-order valence-electron chi connectivity index (χ2n) is 3.19. The van der Waals surface area contributed by atoms with E-state index in [-0.39, 0.29) is 5.69 Å². The summed E-state index contributed by atoms with van der Waals surface area (Å²) in [6.07, 6.45) is 1.71. The largest absolute Gasteiger partial charge is 0.276 e. The monoisotopic (exact) mass is 206 g/mol. The highest BCUT2D eigenvalue weighted by Crippen LogP contribution is 2.21. The quantitative estimate of drug-likeness (QED) is 0.539. The summed E-state index contributed by atoms with van der Waals surface area (Å²) in [7, 11) is 1.87. The Bertz CT molecular complexity index is 401. The molecule has 1 aliphatic heterocycles. The molecule has 1 aliphatic rings. The highest BCUT2D eigenvalue weighted by Gasteiger charge is 2.14. The zero-order valence-corrected chi connectivity index (χ0v) is 8.20. The van der Waals surface area contributed by atoms with Gasteiger partial charge in [0, 0.05) is 19.2 Å². The first kappa shape index (κ1) is 9.45. The Kier molecular flexibility index (Phi) is 2.24. The number of hydrazine groups is 1. The molecule has 0 fully saturated rings. The molecule has 0 atom stereocenters. The molecule has 0 saturated heterocycles. The Balaban J connectivity index is 2.20. The van der Waals surface area contributed by atoms with Gasteiger partial charge in [-0.3, -0.25) is 25.1 Å². The average Bonchev–Trinajstić information content (AvgIpc) is 2.65. The third-order valence-corrected chi connectivity index (χ3v) is 2.20. The molecule has 1 aromatic rings. The maximum atomic E-state index is 10.5. The standard InChI is InChI=1S/C9H10N4O2/c1-11-6-10-7-12(11)8-2-4-9(5-3-8)13(14)15/h2-6H,7H2,1H3. The zero-order valence-electron chi connectivity index (χ0n) is 8.20. The number of hydrogen-bond acceptors (Lipinski definition) is 5. The van der Waals surface area contributed by atoms with Crippen LogP contribution < -0.4 is 5.01 Å². The molecule has 0 radical (unpaired) electrons. The Morgan fingerprint density at radius 1 is 1.40 bits per heavy atom. The Hall–Kier alpha value is -2.11. The van der Waals surface area contributed by atoms with Gasteiger partial charge in [0.05, 0.1) is 10.6 Å². The van der Waals surface area contributed by atoms with E-state index in [9.17, 15) is 10.1 Å². The number of hydrogen-bond donors (Lipinski definition) is 0. The average molecular weight is 206 g/mol. The van der Waals surface area contributed by atoms with Crippen LogP contribution in [0.5, 0.6) is 0 Å². The van der Waals surface area contributed by atoms with E-state index in [1.54, 1.807) is 18.5 Å². The summed E-state index contributed by atoms with van der Waals surface area (Å²) in [6.45, 7) is 0.550. The van der Waals surface area contributed by atoms with Crippen molar-refractivity contribution in [2.75, 3.05) is 18.7 Å². The van der Waals surface area contributed by atoms with E-state index >= 15 is 0 Å². The van der Waals surface area contributed by atoms with E-state index in [0.717, 1.165) is 5.69 Å². The predicted octanol–water partition coefficient (Wildman–Crippen LogP) is 1.25. The highest BCUT2D eigenvalue weighted by molar-refractivity contribution is 5.64. The first-order valence-corrected chi connectivity index (χ1v) is 4.43. The lowest BCUT2D eigenvalue weighted by atomic mass is 10.3. The van der Waals surface area contributed by atoms with Crippen molar-refractivity contribution < 1.29 is 4.92 Å². The van der Waals surface area contributed by atoms with Gasteiger partial charge in [0.25, 0.3) is 5.69 Å². The van der Waals surface area contributed by atoms with Crippen molar-refractivity contribution in [2.45, 2.75) is 0 Å². The van der Waals surface area contributed by atoms with Gasteiger partial charge >= 0.3 is 0 Å². The molecular formula is C9H10N4O2. The molecular weight excluding hydrogens is 196 g/mol. The normalized spacial score (nSPS) is 14.7. The number of non-ortho nitro benzene ring substituents is 1. The molecule has 0 N–H and O–H groups in total. The van der Waals surface area contributed by atoms with Crippen LogP contribution >= 0.6 is 0 Å². The SMILES string of the molecule is CN1C=NCN1c1ccc([N+](=O)[O-])cc1. The van der Waals surface area contributed by atoms with Crippen molar-refractivity contribution in [3.05, 3.63) is 34.4 Å². The topological polar surface area (TPSA) is 62.0 Å². The molecule has 78 valence electrons. The molecule has 1 heterocycles. The van der Waals surface area contributed by atoms with Crippen LogP contribution in [0.3, 0.4) is 0 Å². The number of benzene rings is 1. The Labute approximate surface area is 86.6 Å². The van der Waals surface area contributed by atoms with Gasteiger partial charge in [-0.15, -0.1) is 0 Å². The molecule has 0 amide bonds. The van der Waals surface area contributed by atoms with E-state index < -0.39 is 4.92 Å². The maximum absolute atomic E-state index is 10.5. The lowest BCUT2D eigenvalue weighted by molar-refractivity contribution is -0.384. The van der Waals surface area contributed by atoms with Gasteiger partial charge in [0.2, 0.25) is 0 Å². The van der Waals surface area contributed by atoms with Crippen molar-refractivity contribution in [2.24, 2.45) is 4.99 Å². The summed E-state index contributed by atoms with van der Waals surface area (Å²) in [5.74, 6) is 0. The zero-order chi connectivity index (χ0) is 10.8. The van der Waals surface area contributed by atoms with Crippen molar-refractivity contribution in [1.82, 2.24) is 5.01 Å². The molecule has 2 rings (SSSR count). The molecule has 15 heavy (non-hydrogen) atoms. The third-order valence-electron chi connectivity index (χ3n) is 2.20. The van der Waals surface area contributed by atoms with Crippen LogP contribution in [0, 0.1) is 10.1 Å². The first-order valence-electron chi connectivity index (χ1n) is 4.43. The van der Waals surface area contributed by atoms with Crippen LogP contribution in [0.15, 0.2) is 29.3 Å². The van der Waals surface area contributed by atoms with Crippen LogP contribution in [-0.2, 0) is 0 Å². The number of aliphatic imine (C=N–C) groups is 1. The summed E-state index contributed by atoms with van der Waals surface area (Å²) in [5.41, 5.74) is 0.988. The third kappa shape index (κ3) is 1.74. The van der Waals surface area contributed by atoms with E-state index in [1.165, 1.54) is 12.1 Å². The number of rotatable bonds is 2. The molecule has 0 aliphatic carbocycles.